The Bertz CT molecular complexity index is 270. The van der Waals surface area contributed by atoms with Crippen LogP contribution in [0.3, 0.4) is 0 Å². The van der Waals surface area contributed by atoms with Gasteiger partial charge in [-0.1, -0.05) is 0 Å². The molecule has 3 nitrogen and oxygen atoms in total. The van der Waals surface area contributed by atoms with E-state index < -0.39 is 0 Å². The van der Waals surface area contributed by atoms with Crippen molar-refractivity contribution in [3.05, 3.63) is 17.0 Å². The fourth-order valence-corrected chi connectivity index (χ4v) is 1.66. The van der Waals surface area contributed by atoms with Crippen LogP contribution in [0.2, 0.25) is 0 Å². The maximum Gasteiger partial charge on any atom is 0.226 e. The van der Waals surface area contributed by atoms with Gasteiger partial charge in [0, 0.05) is 13.0 Å². The second-order valence-corrected chi connectivity index (χ2v) is 3.44. The standard InChI is InChI=1S/C8H12N2OS/c1-6-3-5-12-8(6)10-7(11)2-4-9/h3,5H,2,4,9H2,1H3,(H,10,11). The van der Waals surface area contributed by atoms with Gasteiger partial charge in [0.15, 0.2) is 0 Å². The van der Waals surface area contributed by atoms with Gasteiger partial charge in [-0.3, -0.25) is 4.79 Å². The number of nitrogens with one attached hydrogen (secondary N) is 1. The van der Waals surface area contributed by atoms with E-state index in [9.17, 15) is 4.79 Å². The van der Waals surface area contributed by atoms with Gasteiger partial charge in [0.05, 0.1) is 5.00 Å². The smallest absolute Gasteiger partial charge is 0.226 e. The lowest BCUT2D eigenvalue weighted by Crippen LogP contribution is -2.15. The molecule has 12 heavy (non-hydrogen) atoms. The summed E-state index contributed by atoms with van der Waals surface area (Å²) in [6.45, 7) is 2.37. The molecule has 0 fully saturated rings. The third kappa shape index (κ3) is 2.32. The van der Waals surface area contributed by atoms with Gasteiger partial charge in [-0.05, 0) is 23.9 Å². The van der Waals surface area contributed by atoms with Crippen LogP contribution in [0, 0.1) is 6.92 Å². The van der Waals surface area contributed by atoms with E-state index in [2.05, 4.69) is 5.32 Å². The fraction of sp³-hybridized carbons (Fsp3) is 0.375. The predicted molar refractivity (Wildman–Crippen MR) is 51.4 cm³/mol. The molecule has 0 unspecified atom stereocenters. The minimum atomic E-state index is -0.0111. The van der Waals surface area contributed by atoms with Crippen molar-refractivity contribution in [3.8, 4) is 0 Å². The van der Waals surface area contributed by atoms with Crippen LogP contribution in [0.25, 0.3) is 0 Å². The molecule has 66 valence electrons. The maximum atomic E-state index is 11.1. The summed E-state index contributed by atoms with van der Waals surface area (Å²) in [5.74, 6) is -0.0111. The number of carbonyl (C=O) groups is 1. The van der Waals surface area contributed by atoms with Crippen molar-refractivity contribution in [3.63, 3.8) is 0 Å². The molecule has 0 saturated heterocycles. The van der Waals surface area contributed by atoms with Gasteiger partial charge in [0.1, 0.15) is 0 Å². The molecule has 0 atom stereocenters. The Morgan fingerprint density at radius 2 is 2.50 bits per heavy atom. The van der Waals surface area contributed by atoms with E-state index >= 15 is 0 Å². The van der Waals surface area contributed by atoms with Crippen molar-refractivity contribution in [2.24, 2.45) is 5.73 Å². The summed E-state index contributed by atoms with van der Waals surface area (Å²) < 4.78 is 0. The molecule has 0 radical (unpaired) electrons. The fourth-order valence-electron chi connectivity index (χ4n) is 0.821. The normalized spacial score (nSPS) is 9.83. The van der Waals surface area contributed by atoms with E-state index in [0.29, 0.717) is 13.0 Å². The molecule has 1 aromatic heterocycles. The molecule has 0 bridgehead atoms. The zero-order valence-corrected chi connectivity index (χ0v) is 7.78. The van der Waals surface area contributed by atoms with Crippen molar-refractivity contribution in [2.75, 3.05) is 11.9 Å². The molecule has 0 aromatic carbocycles. The number of amides is 1. The molecule has 1 heterocycles. The number of aryl methyl sites for hydroxylation is 1. The number of anilines is 1. The van der Waals surface area contributed by atoms with E-state index in [1.54, 1.807) is 0 Å². The Morgan fingerprint density at radius 1 is 1.75 bits per heavy atom. The Labute approximate surface area is 75.6 Å². The van der Waals surface area contributed by atoms with Crippen molar-refractivity contribution in [2.45, 2.75) is 13.3 Å². The summed E-state index contributed by atoms with van der Waals surface area (Å²) in [7, 11) is 0. The number of rotatable bonds is 3. The van der Waals surface area contributed by atoms with Gasteiger partial charge in [0.25, 0.3) is 0 Å². The lowest BCUT2D eigenvalue weighted by atomic mass is 10.3. The summed E-state index contributed by atoms with van der Waals surface area (Å²) in [5.41, 5.74) is 6.34. The summed E-state index contributed by atoms with van der Waals surface area (Å²) >= 11 is 1.53. The lowest BCUT2D eigenvalue weighted by Gasteiger charge is -2.01. The topological polar surface area (TPSA) is 55.1 Å². The minimum absolute atomic E-state index is 0.0111. The Kier molecular flexibility index (Phi) is 3.25. The van der Waals surface area contributed by atoms with Gasteiger partial charge in [-0.2, -0.15) is 0 Å². The van der Waals surface area contributed by atoms with E-state index in [4.69, 9.17) is 5.73 Å². The van der Waals surface area contributed by atoms with E-state index in [0.717, 1.165) is 10.6 Å². The van der Waals surface area contributed by atoms with Gasteiger partial charge < -0.3 is 11.1 Å². The van der Waals surface area contributed by atoms with E-state index in [-0.39, 0.29) is 5.91 Å². The van der Waals surface area contributed by atoms with Gasteiger partial charge in [-0.25, -0.2) is 0 Å². The van der Waals surface area contributed by atoms with E-state index in [1.165, 1.54) is 11.3 Å². The van der Waals surface area contributed by atoms with Crippen molar-refractivity contribution in [1.82, 2.24) is 0 Å². The van der Waals surface area contributed by atoms with Crippen LogP contribution in [-0.2, 0) is 4.79 Å². The molecule has 3 N–H and O–H groups in total. The number of nitrogens with two attached hydrogens (primary N) is 1. The average Bonchev–Trinajstić information content (AvgIpc) is 2.37. The van der Waals surface area contributed by atoms with Crippen molar-refractivity contribution >= 4 is 22.2 Å². The first-order chi connectivity index (χ1) is 5.74. The second kappa shape index (κ2) is 4.23. The number of hydrogen-bond acceptors (Lipinski definition) is 3. The molecular formula is C8H12N2OS. The van der Waals surface area contributed by atoms with Gasteiger partial charge in [-0.15, -0.1) is 11.3 Å². The van der Waals surface area contributed by atoms with Crippen LogP contribution < -0.4 is 11.1 Å². The maximum absolute atomic E-state index is 11.1. The third-order valence-electron chi connectivity index (χ3n) is 1.49. The highest BCUT2D eigenvalue weighted by Crippen LogP contribution is 2.21. The largest absolute Gasteiger partial charge is 0.330 e. The van der Waals surface area contributed by atoms with Crippen molar-refractivity contribution in [1.29, 1.82) is 0 Å². The summed E-state index contributed by atoms with van der Waals surface area (Å²) in [6, 6.07) is 1.97. The predicted octanol–water partition coefficient (Wildman–Crippen LogP) is 1.34. The van der Waals surface area contributed by atoms with Crippen molar-refractivity contribution < 1.29 is 4.79 Å². The molecule has 1 aromatic rings. The minimum Gasteiger partial charge on any atom is -0.330 e. The van der Waals surface area contributed by atoms with Crippen LogP contribution in [0.5, 0.6) is 0 Å². The van der Waals surface area contributed by atoms with Gasteiger partial charge in [0.2, 0.25) is 5.91 Å². The summed E-state index contributed by atoms with van der Waals surface area (Å²) in [5, 5.41) is 5.67. The first-order valence-corrected chi connectivity index (χ1v) is 4.66. The second-order valence-electron chi connectivity index (χ2n) is 2.52. The van der Waals surface area contributed by atoms with Crippen LogP contribution in [0.15, 0.2) is 11.4 Å². The van der Waals surface area contributed by atoms with Crippen LogP contribution in [0.4, 0.5) is 5.00 Å². The summed E-state index contributed by atoms with van der Waals surface area (Å²) in [4.78, 5) is 11.1. The Morgan fingerprint density at radius 3 is 3.00 bits per heavy atom. The molecule has 0 aliphatic heterocycles. The monoisotopic (exact) mass is 184 g/mol. The zero-order valence-electron chi connectivity index (χ0n) is 6.96. The zero-order chi connectivity index (χ0) is 8.97. The van der Waals surface area contributed by atoms with Crippen LogP contribution in [0.1, 0.15) is 12.0 Å². The number of hydrogen-bond donors (Lipinski definition) is 2. The first kappa shape index (κ1) is 9.22. The van der Waals surface area contributed by atoms with Crippen LogP contribution in [-0.4, -0.2) is 12.5 Å². The quantitative estimate of drug-likeness (QED) is 0.745. The summed E-state index contributed by atoms with van der Waals surface area (Å²) in [6.07, 6.45) is 0.386. The number of thiophene rings is 1. The molecule has 1 rings (SSSR count). The first-order valence-electron chi connectivity index (χ1n) is 3.78. The van der Waals surface area contributed by atoms with Crippen LogP contribution >= 0.6 is 11.3 Å². The lowest BCUT2D eigenvalue weighted by molar-refractivity contribution is -0.116. The van der Waals surface area contributed by atoms with Gasteiger partial charge >= 0.3 is 0 Å². The SMILES string of the molecule is Cc1ccsc1NC(=O)CCN. The number of carbonyl (C=O) groups excluding carboxylic acids is 1. The average molecular weight is 184 g/mol. The highest BCUT2D eigenvalue weighted by atomic mass is 32.1. The molecule has 1 amide bonds. The third-order valence-corrected chi connectivity index (χ3v) is 2.42. The molecule has 0 aliphatic carbocycles. The highest BCUT2D eigenvalue weighted by Gasteiger charge is 2.03. The molecule has 0 aliphatic rings. The highest BCUT2D eigenvalue weighted by molar-refractivity contribution is 7.14. The molecular weight excluding hydrogens is 172 g/mol. The Hall–Kier alpha value is -0.870. The Balaban J connectivity index is 2.52. The molecule has 0 spiro atoms. The molecule has 0 saturated carbocycles. The van der Waals surface area contributed by atoms with E-state index in [1.807, 2.05) is 18.4 Å². The molecule has 4 heteroatoms.